The van der Waals surface area contributed by atoms with Gasteiger partial charge in [-0.3, -0.25) is 14.0 Å². The number of likely N-dealkylation sites (N-methyl/N-ethyl adjacent to an activating group) is 1. The third kappa shape index (κ3) is 5.49. The number of benzene rings is 3. The van der Waals surface area contributed by atoms with Crippen LogP contribution in [0.3, 0.4) is 0 Å². The van der Waals surface area contributed by atoms with E-state index in [4.69, 9.17) is 14.5 Å². The number of fused-ring (bicyclic) bond motifs is 2. The Balaban J connectivity index is 1.44. The van der Waals surface area contributed by atoms with Crippen molar-refractivity contribution in [1.82, 2.24) is 9.88 Å². The van der Waals surface area contributed by atoms with Crippen LogP contribution in [0.25, 0.3) is 10.2 Å². The van der Waals surface area contributed by atoms with Crippen molar-refractivity contribution in [2.45, 2.75) is 25.7 Å². The number of carbonyl (C=O) groups excluding carboxylic acids is 1. The molecule has 2 heterocycles. The van der Waals surface area contributed by atoms with Crippen LogP contribution in [0, 0.1) is 0 Å². The Bertz CT molecular complexity index is 1550. The van der Waals surface area contributed by atoms with Crippen LogP contribution >= 0.6 is 11.3 Å². The third-order valence-corrected chi connectivity index (χ3v) is 9.86. The van der Waals surface area contributed by atoms with Gasteiger partial charge in [0.05, 0.1) is 20.8 Å². The van der Waals surface area contributed by atoms with Crippen molar-refractivity contribution in [1.29, 1.82) is 0 Å². The maximum Gasteiger partial charge on any atom is 0.264 e. The minimum absolute atomic E-state index is 0.124. The van der Waals surface area contributed by atoms with Crippen LogP contribution in [0.4, 0.5) is 10.8 Å². The highest BCUT2D eigenvalue weighted by Crippen LogP contribution is 2.40. The molecule has 0 N–H and O–H groups in total. The number of hydrogen-bond donors (Lipinski definition) is 0. The van der Waals surface area contributed by atoms with Crippen molar-refractivity contribution in [2.24, 2.45) is 0 Å². The number of sulfonamides is 1. The van der Waals surface area contributed by atoms with E-state index >= 15 is 0 Å². The first-order valence-electron chi connectivity index (χ1n) is 13.3. The maximum atomic E-state index is 13.8. The van der Waals surface area contributed by atoms with Crippen LogP contribution in [0.5, 0.6) is 11.5 Å². The molecular formula is C29H32N4O5S2. The van der Waals surface area contributed by atoms with Crippen molar-refractivity contribution in [3.8, 4) is 11.5 Å². The summed E-state index contributed by atoms with van der Waals surface area (Å²) in [6, 6.07) is 18.8. The quantitative estimate of drug-likeness (QED) is 0.240. The molecule has 0 fully saturated rings. The molecule has 0 bridgehead atoms. The zero-order valence-corrected chi connectivity index (χ0v) is 24.4. The largest absolute Gasteiger partial charge is 0.454 e. The van der Waals surface area contributed by atoms with Gasteiger partial charge in [0, 0.05) is 37.3 Å². The van der Waals surface area contributed by atoms with Gasteiger partial charge in [0.15, 0.2) is 16.6 Å². The fourth-order valence-corrected chi connectivity index (χ4v) is 7.10. The van der Waals surface area contributed by atoms with Gasteiger partial charge < -0.3 is 14.4 Å². The molecule has 1 aliphatic rings. The summed E-state index contributed by atoms with van der Waals surface area (Å²) in [5.74, 6) is 1.06. The number of ether oxygens (including phenoxy) is 2. The lowest BCUT2D eigenvalue weighted by molar-refractivity contribution is 0.0983. The Kier molecular flexibility index (Phi) is 8.24. The lowest BCUT2D eigenvalue weighted by Crippen LogP contribution is -2.39. The molecule has 0 aliphatic carbocycles. The van der Waals surface area contributed by atoms with Crippen molar-refractivity contribution in [2.75, 3.05) is 48.7 Å². The van der Waals surface area contributed by atoms with Gasteiger partial charge in [0.25, 0.3) is 15.9 Å². The van der Waals surface area contributed by atoms with Gasteiger partial charge in [0.2, 0.25) is 6.79 Å². The fraction of sp³-hybridized carbons (Fsp3) is 0.310. The second-order valence-corrected chi connectivity index (χ2v) is 12.1. The predicted octanol–water partition coefficient (Wildman–Crippen LogP) is 5.23. The molecule has 210 valence electrons. The molecule has 0 atom stereocenters. The highest BCUT2D eigenvalue weighted by Gasteiger charge is 2.26. The number of anilines is 2. The number of carbonyl (C=O) groups is 1. The molecule has 11 heteroatoms. The number of thiazole rings is 1. The standard InChI is InChI=1S/C29H32N4O5S2/c1-4-31(5-2)16-17-32(29-30-24-18-25-26(38-20-37-25)19-27(24)39-29)28(34)21-12-14-23(15-13-21)40(35,36)33(6-3)22-10-8-7-9-11-22/h7-15,18-19H,4-6,16-17,20H2,1-3H3. The summed E-state index contributed by atoms with van der Waals surface area (Å²) >= 11 is 1.41. The van der Waals surface area contributed by atoms with Gasteiger partial charge in [0.1, 0.15) is 0 Å². The molecule has 1 aromatic heterocycles. The smallest absolute Gasteiger partial charge is 0.264 e. The van der Waals surface area contributed by atoms with E-state index in [0.717, 1.165) is 23.3 Å². The molecule has 1 amide bonds. The average Bonchev–Trinajstić information content (AvgIpc) is 3.60. The van der Waals surface area contributed by atoms with Crippen LogP contribution in [-0.2, 0) is 10.0 Å². The third-order valence-electron chi connectivity index (χ3n) is 6.90. The van der Waals surface area contributed by atoms with Gasteiger partial charge >= 0.3 is 0 Å². The molecular weight excluding hydrogens is 548 g/mol. The van der Waals surface area contributed by atoms with Crippen LogP contribution < -0.4 is 18.7 Å². The molecule has 0 saturated heterocycles. The SMILES string of the molecule is CCN(CC)CCN(C(=O)c1ccc(S(=O)(=O)N(CC)c2ccccc2)cc1)c1nc2cc3c(cc2s1)OCO3. The van der Waals surface area contributed by atoms with E-state index in [2.05, 4.69) is 18.7 Å². The van der Waals surface area contributed by atoms with Crippen molar-refractivity contribution < 1.29 is 22.7 Å². The maximum absolute atomic E-state index is 13.8. The zero-order valence-electron chi connectivity index (χ0n) is 22.7. The van der Waals surface area contributed by atoms with Gasteiger partial charge in [-0.25, -0.2) is 13.4 Å². The molecule has 0 saturated carbocycles. The van der Waals surface area contributed by atoms with Crippen LogP contribution in [0.1, 0.15) is 31.1 Å². The Hall–Kier alpha value is -3.67. The molecule has 4 aromatic rings. The summed E-state index contributed by atoms with van der Waals surface area (Å²) in [5.41, 5.74) is 1.70. The number of amides is 1. The summed E-state index contributed by atoms with van der Waals surface area (Å²) in [6.45, 7) is 9.26. The van der Waals surface area contributed by atoms with Crippen LogP contribution in [0.2, 0.25) is 0 Å². The molecule has 0 unspecified atom stereocenters. The Morgan fingerprint density at radius 3 is 2.23 bits per heavy atom. The molecule has 5 rings (SSSR count). The first-order valence-corrected chi connectivity index (χ1v) is 15.5. The van der Waals surface area contributed by atoms with E-state index < -0.39 is 10.0 Å². The van der Waals surface area contributed by atoms with E-state index in [0.29, 0.717) is 41.0 Å². The van der Waals surface area contributed by atoms with Crippen molar-refractivity contribution >= 4 is 48.3 Å². The van der Waals surface area contributed by atoms with E-state index in [1.807, 2.05) is 18.2 Å². The van der Waals surface area contributed by atoms with Gasteiger partial charge in [-0.1, -0.05) is 43.4 Å². The fourth-order valence-electron chi connectivity index (χ4n) is 4.62. The number of aromatic nitrogens is 1. The molecule has 3 aromatic carbocycles. The highest BCUT2D eigenvalue weighted by atomic mass is 32.2. The Morgan fingerprint density at radius 1 is 0.900 bits per heavy atom. The number of hydrogen-bond acceptors (Lipinski definition) is 8. The van der Waals surface area contributed by atoms with Crippen molar-refractivity contribution in [3.63, 3.8) is 0 Å². The second kappa shape index (κ2) is 11.8. The highest BCUT2D eigenvalue weighted by molar-refractivity contribution is 7.92. The van der Waals surface area contributed by atoms with Gasteiger partial charge in [-0.05, 0) is 56.4 Å². The lowest BCUT2D eigenvalue weighted by atomic mass is 10.2. The van der Waals surface area contributed by atoms with E-state index in [1.54, 1.807) is 48.2 Å². The van der Waals surface area contributed by atoms with E-state index in [9.17, 15) is 13.2 Å². The molecule has 1 aliphatic heterocycles. The van der Waals surface area contributed by atoms with E-state index in [1.165, 1.54) is 27.8 Å². The number of para-hydroxylation sites is 1. The normalized spacial score (nSPS) is 12.7. The average molecular weight is 581 g/mol. The lowest BCUT2D eigenvalue weighted by Gasteiger charge is -2.25. The summed E-state index contributed by atoms with van der Waals surface area (Å²) in [7, 11) is -3.80. The van der Waals surface area contributed by atoms with E-state index in [-0.39, 0.29) is 24.1 Å². The topological polar surface area (TPSA) is 92.3 Å². The predicted molar refractivity (Wildman–Crippen MR) is 158 cm³/mol. The summed E-state index contributed by atoms with van der Waals surface area (Å²) in [5, 5.41) is 0.564. The first-order chi connectivity index (χ1) is 19.3. The molecule has 9 nitrogen and oxygen atoms in total. The van der Waals surface area contributed by atoms with Crippen LogP contribution in [0.15, 0.2) is 71.6 Å². The molecule has 0 spiro atoms. The summed E-state index contributed by atoms with van der Waals surface area (Å²) in [6.07, 6.45) is 0. The van der Waals surface area contributed by atoms with Gasteiger partial charge in [-0.15, -0.1) is 0 Å². The summed E-state index contributed by atoms with van der Waals surface area (Å²) < 4.78 is 40.1. The second-order valence-electron chi connectivity index (χ2n) is 9.18. The van der Waals surface area contributed by atoms with Crippen molar-refractivity contribution in [3.05, 3.63) is 72.3 Å². The Morgan fingerprint density at radius 2 is 1.57 bits per heavy atom. The minimum atomic E-state index is -3.80. The Labute approximate surface area is 238 Å². The minimum Gasteiger partial charge on any atom is -0.454 e. The first kappa shape index (κ1) is 27.9. The molecule has 0 radical (unpaired) electrons. The number of nitrogens with zero attached hydrogens (tertiary/aromatic N) is 4. The van der Waals surface area contributed by atoms with Gasteiger partial charge in [-0.2, -0.15) is 0 Å². The zero-order chi connectivity index (χ0) is 28.3. The van der Waals surface area contributed by atoms with Crippen LogP contribution in [-0.4, -0.2) is 63.7 Å². The monoisotopic (exact) mass is 580 g/mol. The summed E-state index contributed by atoms with van der Waals surface area (Å²) in [4.78, 5) is 22.6. The molecule has 40 heavy (non-hydrogen) atoms. The number of rotatable bonds is 11.